The van der Waals surface area contributed by atoms with E-state index in [1.807, 2.05) is 32.9 Å². The molecule has 2 aromatic carbocycles. The minimum absolute atomic E-state index is 0.0129. The Morgan fingerprint density at radius 3 is 2.21 bits per heavy atom. The van der Waals surface area contributed by atoms with Gasteiger partial charge in [0.05, 0.1) is 0 Å². The van der Waals surface area contributed by atoms with Gasteiger partial charge in [0.1, 0.15) is 6.04 Å². The van der Waals surface area contributed by atoms with Crippen LogP contribution in [0.4, 0.5) is 11.4 Å². The molecule has 1 aliphatic carbocycles. The van der Waals surface area contributed by atoms with Gasteiger partial charge in [0.2, 0.25) is 11.8 Å². The van der Waals surface area contributed by atoms with Gasteiger partial charge in [-0.05, 0) is 56.0 Å². The molecule has 0 heterocycles. The van der Waals surface area contributed by atoms with Gasteiger partial charge < -0.3 is 16.0 Å². The second kappa shape index (κ2) is 8.90. The summed E-state index contributed by atoms with van der Waals surface area (Å²) in [6, 6.07) is 13.6. The van der Waals surface area contributed by atoms with Crippen molar-refractivity contribution >= 4 is 29.1 Å². The van der Waals surface area contributed by atoms with Crippen molar-refractivity contribution in [3.63, 3.8) is 0 Å². The first-order valence-corrected chi connectivity index (χ1v) is 9.93. The molecular weight excluding hydrogens is 366 g/mol. The normalized spacial score (nSPS) is 14.2. The highest BCUT2D eigenvalue weighted by molar-refractivity contribution is 6.02. The summed E-state index contributed by atoms with van der Waals surface area (Å²) in [5.74, 6) is -0.560. The third kappa shape index (κ3) is 5.67. The molecule has 6 nitrogen and oxygen atoms in total. The molecule has 3 N–H and O–H groups in total. The van der Waals surface area contributed by atoms with E-state index in [1.54, 1.807) is 36.4 Å². The number of aryl methyl sites for hydroxylation is 1. The number of benzene rings is 2. The molecule has 29 heavy (non-hydrogen) atoms. The molecule has 3 amide bonds. The first-order valence-electron chi connectivity index (χ1n) is 9.93. The van der Waals surface area contributed by atoms with Gasteiger partial charge in [-0.25, -0.2) is 0 Å². The number of hydrogen-bond donors (Lipinski definition) is 3. The van der Waals surface area contributed by atoms with Crippen LogP contribution in [0.15, 0.2) is 48.5 Å². The summed E-state index contributed by atoms with van der Waals surface area (Å²) in [4.78, 5) is 37.3. The number of carbonyl (C=O) groups excluding carboxylic acids is 3. The maximum atomic E-state index is 12.8. The SMILES string of the molecule is Cc1cccc(C(=O)NC(C(=O)Nc2cccc(NC(=O)C3CC3)c2)C(C)C)c1. The van der Waals surface area contributed by atoms with E-state index in [0.717, 1.165) is 18.4 Å². The summed E-state index contributed by atoms with van der Waals surface area (Å²) < 4.78 is 0. The van der Waals surface area contributed by atoms with Gasteiger partial charge in [0.25, 0.3) is 5.91 Å². The fraction of sp³-hybridized carbons (Fsp3) is 0.348. The molecule has 3 rings (SSSR count). The lowest BCUT2D eigenvalue weighted by Crippen LogP contribution is -2.47. The number of amides is 3. The third-order valence-electron chi connectivity index (χ3n) is 4.86. The lowest BCUT2D eigenvalue weighted by atomic mass is 10.0. The number of hydrogen-bond acceptors (Lipinski definition) is 3. The van der Waals surface area contributed by atoms with Gasteiger partial charge in [-0.3, -0.25) is 14.4 Å². The smallest absolute Gasteiger partial charge is 0.251 e. The van der Waals surface area contributed by atoms with Crippen LogP contribution < -0.4 is 16.0 Å². The minimum atomic E-state index is -0.687. The number of carbonyl (C=O) groups is 3. The fourth-order valence-electron chi connectivity index (χ4n) is 3.03. The summed E-state index contributed by atoms with van der Waals surface area (Å²) in [6.45, 7) is 5.68. The second-order valence-corrected chi connectivity index (χ2v) is 7.90. The van der Waals surface area contributed by atoms with Gasteiger partial charge >= 0.3 is 0 Å². The largest absolute Gasteiger partial charge is 0.340 e. The van der Waals surface area contributed by atoms with Crippen LogP contribution in [0.5, 0.6) is 0 Å². The standard InChI is InChI=1S/C23H27N3O3/c1-14(2)20(26-22(28)17-7-4-6-15(3)12-17)23(29)25-19-9-5-8-18(13-19)24-21(27)16-10-11-16/h4-9,12-14,16,20H,10-11H2,1-3H3,(H,24,27)(H,25,29)(H,26,28). The summed E-state index contributed by atoms with van der Waals surface area (Å²) in [5, 5.41) is 8.54. The highest BCUT2D eigenvalue weighted by Gasteiger charge is 2.29. The summed E-state index contributed by atoms with van der Waals surface area (Å²) >= 11 is 0. The summed E-state index contributed by atoms with van der Waals surface area (Å²) in [5.41, 5.74) is 2.71. The van der Waals surface area contributed by atoms with Gasteiger partial charge in [-0.2, -0.15) is 0 Å². The first-order chi connectivity index (χ1) is 13.8. The molecular formula is C23H27N3O3. The molecule has 0 spiro atoms. The van der Waals surface area contributed by atoms with Crippen LogP contribution in [-0.2, 0) is 9.59 Å². The van der Waals surface area contributed by atoms with Crippen LogP contribution in [0.25, 0.3) is 0 Å². The Morgan fingerprint density at radius 2 is 1.59 bits per heavy atom. The highest BCUT2D eigenvalue weighted by atomic mass is 16.2. The number of anilines is 2. The minimum Gasteiger partial charge on any atom is -0.340 e. The predicted molar refractivity (Wildman–Crippen MR) is 114 cm³/mol. The molecule has 0 aromatic heterocycles. The van der Waals surface area contributed by atoms with E-state index in [-0.39, 0.29) is 29.6 Å². The fourth-order valence-corrected chi connectivity index (χ4v) is 3.03. The highest BCUT2D eigenvalue weighted by Crippen LogP contribution is 2.30. The first kappa shape index (κ1) is 20.6. The van der Waals surface area contributed by atoms with Crippen LogP contribution in [0.1, 0.15) is 42.6 Å². The van der Waals surface area contributed by atoms with Crippen LogP contribution in [0, 0.1) is 18.8 Å². The molecule has 1 saturated carbocycles. The van der Waals surface area contributed by atoms with Gasteiger partial charge in [-0.1, -0.05) is 37.6 Å². The van der Waals surface area contributed by atoms with Gasteiger partial charge in [0, 0.05) is 22.9 Å². The molecule has 6 heteroatoms. The average Bonchev–Trinajstić information content (AvgIpc) is 3.51. The monoisotopic (exact) mass is 393 g/mol. The van der Waals surface area contributed by atoms with Crippen molar-refractivity contribution in [2.45, 2.75) is 39.7 Å². The van der Waals surface area contributed by atoms with Gasteiger partial charge in [-0.15, -0.1) is 0 Å². The quantitative estimate of drug-likeness (QED) is 0.670. The van der Waals surface area contributed by atoms with E-state index in [9.17, 15) is 14.4 Å². The molecule has 152 valence electrons. The van der Waals surface area contributed by atoms with E-state index < -0.39 is 6.04 Å². The van der Waals surface area contributed by atoms with Crippen molar-refractivity contribution in [3.8, 4) is 0 Å². The molecule has 1 unspecified atom stereocenters. The van der Waals surface area contributed by atoms with E-state index in [0.29, 0.717) is 16.9 Å². The molecule has 1 atom stereocenters. The average molecular weight is 393 g/mol. The molecule has 0 radical (unpaired) electrons. The third-order valence-corrected chi connectivity index (χ3v) is 4.86. The summed E-state index contributed by atoms with van der Waals surface area (Å²) in [6.07, 6.45) is 1.86. The van der Waals surface area contributed by atoms with E-state index >= 15 is 0 Å². The van der Waals surface area contributed by atoms with Crippen LogP contribution in [0.2, 0.25) is 0 Å². The summed E-state index contributed by atoms with van der Waals surface area (Å²) in [7, 11) is 0. The molecule has 1 aliphatic rings. The molecule has 0 saturated heterocycles. The Balaban J connectivity index is 1.66. The zero-order valence-electron chi connectivity index (χ0n) is 17.0. The van der Waals surface area contributed by atoms with Crippen molar-refractivity contribution in [1.82, 2.24) is 5.32 Å². The lowest BCUT2D eigenvalue weighted by Gasteiger charge is -2.22. The van der Waals surface area contributed by atoms with Gasteiger partial charge in [0.15, 0.2) is 0 Å². The zero-order chi connectivity index (χ0) is 21.0. The maximum Gasteiger partial charge on any atom is 0.251 e. The van der Waals surface area contributed by atoms with Crippen molar-refractivity contribution in [2.24, 2.45) is 11.8 Å². The Hall–Kier alpha value is -3.15. The van der Waals surface area contributed by atoms with Crippen molar-refractivity contribution < 1.29 is 14.4 Å². The predicted octanol–water partition coefficient (Wildman–Crippen LogP) is 3.74. The van der Waals surface area contributed by atoms with Crippen LogP contribution in [-0.4, -0.2) is 23.8 Å². The Kier molecular flexibility index (Phi) is 6.32. The molecule has 2 aromatic rings. The van der Waals surface area contributed by atoms with E-state index in [1.165, 1.54) is 0 Å². The van der Waals surface area contributed by atoms with Crippen molar-refractivity contribution in [2.75, 3.05) is 10.6 Å². The van der Waals surface area contributed by atoms with Crippen LogP contribution >= 0.6 is 0 Å². The van der Waals surface area contributed by atoms with Crippen molar-refractivity contribution in [1.29, 1.82) is 0 Å². The molecule has 0 bridgehead atoms. The zero-order valence-corrected chi connectivity index (χ0v) is 17.0. The number of nitrogens with one attached hydrogen (secondary N) is 3. The maximum absolute atomic E-state index is 12.8. The Bertz CT molecular complexity index is 919. The van der Waals surface area contributed by atoms with E-state index in [2.05, 4.69) is 16.0 Å². The van der Waals surface area contributed by atoms with E-state index in [4.69, 9.17) is 0 Å². The molecule has 1 fully saturated rings. The second-order valence-electron chi connectivity index (χ2n) is 7.90. The van der Waals surface area contributed by atoms with Crippen molar-refractivity contribution in [3.05, 3.63) is 59.7 Å². The Labute approximate surface area is 171 Å². The lowest BCUT2D eigenvalue weighted by molar-refractivity contribution is -0.119. The Morgan fingerprint density at radius 1 is 0.931 bits per heavy atom. The topological polar surface area (TPSA) is 87.3 Å². The van der Waals surface area contributed by atoms with Crippen LogP contribution in [0.3, 0.4) is 0 Å². The molecule has 0 aliphatic heterocycles. The number of rotatable bonds is 7.